The summed E-state index contributed by atoms with van der Waals surface area (Å²) in [4.78, 5) is 0. The van der Waals surface area contributed by atoms with Crippen LogP contribution in [0.4, 0.5) is 10.1 Å². The molecule has 0 unspecified atom stereocenters. The van der Waals surface area contributed by atoms with E-state index in [0.717, 1.165) is 11.1 Å². The van der Waals surface area contributed by atoms with Crippen LogP contribution in [0.3, 0.4) is 0 Å². The van der Waals surface area contributed by atoms with Crippen molar-refractivity contribution in [3.8, 4) is 6.07 Å². The lowest BCUT2D eigenvalue weighted by Crippen LogP contribution is -2.03. The van der Waals surface area contributed by atoms with Gasteiger partial charge in [0.05, 0.1) is 5.56 Å². The summed E-state index contributed by atoms with van der Waals surface area (Å²) >= 11 is 0. The molecule has 2 aromatic rings. The first-order chi connectivity index (χ1) is 9.20. The van der Waals surface area contributed by atoms with Crippen LogP contribution >= 0.6 is 0 Å². The molecule has 1 N–H and O–H groups in total. The van der Waals surface area contributed by atoms with Gasteiger partial charge in [-0.05, 0) is 29.3 Å². The van der Waals surface area contributed by atoms with Crippen LogP contribution in [0.1, 0.15) is 11.1 Å². The molecule has 0 spiro atoms. The first kappa shape index (κ1) is 12.8. The second-order valence-corrected chi connectivity index (χ2v) is 4.13. The van der Waals surface area contributed by atoms with Gasteiger partial charge in [-0.2, -0.15) is 5.26 Å². The van der Waals surface area contributed by atoms with Crippen molar-refractivity contribution in [3.63, 3.8) is 0 Å². The number of anilines is 1. The van der Waals surface area contributed by atoms with Crippen LogP contribution in [0, 0.1) is 17.1 Å². The van der Waals surface area contributed by atoms with Gasteiger partial charge in [0.2, 0.25) is 0 Å². The van der Waals surface area contributed by atoms with E-state index in [-0.39, 0.29) is 5.56 Å². The highest BCUT2D eigenvalue weighted by molar-refractivity contribution is 5.67. The second kappa shape index (κ2) is 5.83. The van der Waals surface area contributed by atoms with E-state index in [9.17, 15) is 4.39 Å². The maximum atomic E-state index is 13.2. The van der Waals surface area contributed by atoms with Gasteiger partial charge < -0.3 is 5.32 Å². The molecule has 0 fully saturated rings. The minimum absolute atomic E-state index is 0.0373. The monoisotopic (exact) mass is 252 g/mol. The zero-order valence-electron chi connectivity index (χ0n) is 10.4. The first-order valence-electron chi connectivity index (χ1n) is 5.87. The van der Waals surface area contributed by atoms with Crippen LogP contribution in [0.5, 0.6) is 0 Å². The highest BCUT2D eigenvalue weighted by Gasteiger charge is 2.03. The molecule has 0 saturated heterocycles. The third-order valence-electron chi connectivity index (χ3n) is 2.77. The molecule has 3 heteroatoms. The molecule has 0 heterocycles. The van der Waals surface area contributed by atoms with Crippen molar-refractivity contribution < 1.29 is 4.39 Å². The Morgan fingerprint density at radius 3 is 2.63 bits per heavy atom. The Labute approximate surface area is 111 Å². The molecule has 0 atom stereocenters. The Kier molecular flexibility index (Phi) is 3.94. The molecule has 2 rings (SSSR count). The van der Waals surface area contributed by atoms with Crippen molar-refractivity contribution in [1.29, 1.82) is 5.26 Å². The maximum Gasteiger partial charge on any atom is 0.141 e. The summed E-state index contributed by atoms with van der Waals surface area (Å²) in [6.45, 7) is 4.54. The van der Waals surface area contributed by atoms with E-state index in [1.165, 1.54) is 12.1 Å². The smallest absolute Gasteiger partial charge is 0.141 e. The molecule has 0 saturated carbocycles. The summed E-state index contributed by atoms with van der Waals surface area (Å²) in [7, 11) is 0. The molecule has 0 aliphatic heterocycles. The molecule has 0 aliphatic rings. The Hall–Kier alpha value is -2.60. The Bertz CT molecular complexity index is 627. The molecule has 19 heavy (non-hydrogen) atoms. The molecular weight excluding hydrogens is 239 g/mol. The predicted octanol–water partition coefficient (Wildman–Crippen LogP) is 3.82. The Morgan fingerprint density at radius 1 is 1.21 bits per heavy atom. The van der Waals surface area contributed by atoms with Gasteiger partial charge >= 0.3 is 0 Å². The van der Waals surface area contributed by atoms with E-state index in [1.807, 2.05) is 36.4 Å². The average molecular weight is 252 g/mol. The molecule has 94 valence electrons. The molecule has 0 radical (unpaired) electrons. The van der Waals surface area contributed by atoms with Gasteiger partial charge in [-0.25, -0.2) is 4.39 Å². The summed E-state index contributed by atoms with van der Waals surface area (Å²) in [6, 6.07) is 16.0. The molecule has 2 nitrogen and oxygen atoms in total. The lowest BCUT2D eigenvalue weighted by atomic mass is 10.1. The van der Waals surface area contributed by atoms with Gasteiger partial charge in [0.15, 0.2) is 0 Å². The van der Waals surface area contributed by atoms with Gasteiger partial charge in [-0.3, -0.25) is 0 Å². The summed E-state index contributed by atoms with van der Waals surface area (Å²) < 4.78 is 13.2. The second-order valence-electron chi connectivity index (χ2n) is 4.13. The highest BCUT2D eigenvalue weighted by atomic mass is 19.1. The topological polar surface area (TPSA) is 35.8 Å². The van der Waals surface area contributed by atoms with Crippen LogP contribution in [0.15, 0.2) is 55.1 Å². The normalized spacial score (nSPS) is 9.68. The summed E-state index contributed by atoms with van der Waals surface area (Å²) in [5, 5.41) is 11.9. The largest absolute Gasteiger partial charge is 0.381 e. The van der Waals surface area contributed by atoms with Crippen LogP contribution in [-0.2, 0) is 0 Å². The third kappa shape index (κ3) is 3.20. The number of nitrogens with zero attached hydrogens (tertiary/aromatic N) is 1. The van der Waals surface area contributed by atoms with E-state index >= 15 is 0 Å². The van der Waals surface area contributed by atoms with Gasteiger partial charge in [0, 0.05) is 12.2 Å². The number of hydrogen-bond acceptors (Lipinski definition) is 2. The number of halogens is 1. The number of hydrogen-bond donors (Lipinski definition) is 1. The summed E-state index contributed by atoms with van der Waals surface area (Å²) in [6.07, 6.45) is 0. The molecule has 0 aliphatic carbocycles. The van der Waals surface area contributed by atoms with E-state index in [4.69, 9.17) is 5.26 Å². The maximum absolute atomic E-state index is 13.2. The number of nitriles is 1. The minimum atomic E-state index is -0.505. The molecule has 2 aromatic carbocycles. The van der Waals surface area contributed by atoms with E-state index in [0.29, 0.717) is 12.2 Å². The number of rotatable bonds is 4. The Morgan fingerprint density at radius 2 is 1.95 bits per heavy atom. The highest BCUT2D eigenvalue weighted by Crippen LogP contribution is 2.16. The van der Waals surface area contributed by atoms with Gasteiger partial charge in [-0.1, -0.05) is 36.9 Å². The van der Waals surface area contributed by atoms with Crippen molar-refractivity contribution >= 4 is 11.3 Å². The quantitative estimate of drug-likeness (QED) is 0.897. The predicted molar refractivity (Wildman–Crippen MR) is 75.1 cm³/mol. The van der Waals surface area contributed by atoms with Crippen molar-refractivity contribution in [1.82, 2.24) is 0 Å². The third-order valence-corrected chi connectivity index (χ3v) is 2.77. The van der Waals surface area contributed by atoms with Crippen LogP contribution in [0.2, 0.25) is 0 Å². The van der Waals surface area contributed by atoms with Crippen LogP contribution < -0.4 is 5.32 Å². The standard InChI is InChI=1S/C16H13FN2/c1-12(13-5-3-2-4-6-13)11-19-15-7-8-16(17)14(9-15)10-18/h2-9,19H,1,11H2. The van der Waals surface area contributed by atoms with Crippen molar-refractivity contribution in [2.45, 2.75) is 0 Å². The molecule has 0 aromatic heterocycles. The van der Waals surface area contributed by atoms with Gasteiger partial charge in [0.25, 0.3) is 0 Å². The number of benzene rings is 2. The fourth-order valence-electron chi connectivity index (χ4n) is 1.71. The summed E-state index contributed by atoms with van der Waals surface area (Å²) in [5.41, 5.74) is 2.73. The Balaban J connectivity index is 2.04. The van der Waals surface area contributed by atoms with Crippen molar-refractivity contribution in [2.24, 2.45) is 0 Å². The molecular formula is C16H13FN2. The molecule has 0 amide bonds. The van der Waals surface area contributed by atoms with E-state index in [2.05, 4.69) is 11.9 Å². The van der Waals surface area contributed by atoms with Gasteiger partial charge in [-0.15, -0.1) is 0 Å². The average Bonchev–Trinajstić information content (AvgIpc) is 2.47. The zero-order valence-corrected chi connectivity index (χ0v) is 10.4. The number of nitrogens with one attached hydrogen (secondary N) is 1. The van der Waals surface area contributed by atoms with Crippen molar-refractivity contribution in [3.05, 3.63) is 72.1 Å². The van der Waals surface area contributed by atoms with Crippen LogP contribution in [0.25, 0.3) is 5.57 Å². The minimum Gasteiger partial charge on any atom is -0.381 e. The van der Waals surface area contributed by atoms with Crippen LogP contribution in [-0.4, -0.2) is 6.54 Å². The lowest BCUT2D eigenvalue weighted by molar-refractivity contribution is 0.624. The summed E-state index contributed by atoms with van der Waals surface area (Å²) in [5.74, 6) is -0.505. The van der Waals surface area contributed by atoms with E-state index < -0.39 is 5.82 Å². The van der Waals surface area contributed by atoms with Gasteiger partial charge in [0.1, 0.15) is 11.9 Å². The van der Waals surface area contributed by atoms with Crippen molar-refractivity contribution in [2.75, 3.05) is 11.9 Å². The fraction of sp³-hybridized carbons (Fsp3) is 0.0625. The molecule has 0 bridgehead atoms. The SMILES string of the molecule is C=C(CNc1ccc(F)c(C#N)c1)c1ccccc1. The lowest BCUT2D eigenvalue weighted by Gasteiger charge is -2.09. The first-order valence-corrected chi connectivity index (χ1v) is 5.87. The zero-order chi connectivity index (χ0) is 13.7. The van der Waals surface area contributed by atoms with E-state index in [1.54, 1.807) is 6.07 Å². The fourth-order valence-corrected chi connectivity index (χ4v) is 1.71.